The molecule has 19 heavy (non-hydrogen) atoms. The summed E-state index contributed by atoms with van der Waals surface area (Å²) in [6, 6.07) is -0.0938. The lowest BCUT2D eigenvalue weighted by atomic mass is 9.89. The van der Waals surface area contributed by atoms with Gasteiger partial charge in [-0.1, -0.05) is 12.1 Å². The number of aromatic nitrogens is 3. The highest BCUT2D eigenvalue weighted by Crippen LogP contribution is 2.27. The molecule has 6 heteroatoms. The highest BCUT2D eigenvalue weighted by molar-refractivity contribution is 5.81. The molecule has 2 heterocycles. The summed E-state index contributed by atoms with van der Waals surface area (Å²) in [7, 11) is 0. The van der Waals surface area contributed by atoms with E-state index in [0.29, 0.717) is 12.5 Å². The average molecular weight is 265 g/mol. The van der Waals surface area contributed by atoms with E-state index in [9.17, 15) is 4.79 Å². The van der Waals surface area contributed by atoms with E-state index >= 15 is 0 Å². The number of rotatable bonds is 5. The summed E-state index contributed by atoms with van der Waals surface area (Å²) in [5, 5.41) is 14.3. The molecule has 1 saturated heterocycles. The molecule has 106 valence electrons. The fraction of sp³-hybridized carbons (Fsp3) is 0.769. The predicted octanol–water partition coefficient (Wildman–Crippen LogP) is 0.660. The summed E-state index contributed by atoms with van der Waals surface area (Å²) in [5.74, 6) is 0.470. The van der Waals surface area contributed by atoms with Crippen LogP contribution in [-0.4, -0.2) is 40.0 Å². The number of nitrogens with zero attached hydrogens (tertiary/aromatic N) is 3. The Bertz CT molecular complexity index is 417. The number of nitrogens with one attached hydrogen (secondary N) is 2. The first-order valence-electron chi connectivity index (χ1n) is 7.15. The first-order valence-corrected chi connectivity index (χ1v) is 7.15. The predicted molar refractivity (Wildman–Crippen MR) is 72.8 cm³/mol. The fourth-order valence-corrected chi connectivity index (χ4v) is 2.65. The van der Waals surface area contributed by atoms with Crippen LogP contribution < -0.4 is 10.6 Å². The molecule has 1 aromatic heterocycles. The summed E-state index contributed by atoms with van der Waals surface area (Å²) < 4.78 is 1.98. The van der Waals surface area contributed by atoms with E-state index in [4.69, 9.17) is 0 Å². The van der Waals surface area contributed by atoms with Crippen LogP contribution in [-0.2, 0) is 11.3 Å². The normalized spacial score (nSPS) is 23.3. The topological polar surface area (TPSA) is 71.8 Å². The van der Waals surface area contributed by atoms with Gasteiger partial charge in [0.25, 0.3) is 0 Å². The van der Waals surface area contributed by atoms with Gasteiger partial charge < -0.3 is 10.6 Å². The Hall–Kier alpha value is -1.43. The second-order valence-corrected chi connectivity index (χ2v) is 5.00. The molecule has 1 amide bonds. The third-order valence-electron chi connectivity index (χ3n) is 3.57. The van der Waals surface area contributed by atoms with Crippen molar-refractivity contribution in [2.24, 2.45) is 0 Å². The number of amides is 1. The molecule has 0 bridgehead atoms. The minimum absolute atomic E-state index is 0.0938. The van der Waals surface area contributed by atoms with Gasteiger partial charge in [-0.2, -0.15) is 0 Å². The second kappa shape index (κ2) is 6.65. The van der Waals surface area contributed by atoms with E-state index < -0.39 is 0 Å². The van der Waals surface area contributed by atoms with Crippen molar-refractivity contribution in [3.63, 3.8) is 0 Å². The first-order chi connectivity index (χ1) is 9.26. The van der Waals surface area contributed by atoms with Crippen LogP contribution in [0.5, 0.6) is 0 Å². The molecule has 2 unspecified atom stereocenters. The molecule has 1 fully saturated rings. The smallest absolute Gasteiger partial charge is 0.237 e. The third-order valence-corrected chi connectivity index (χ3v) is 3.57. The van der Waals surface area contributed by atoms with Gasteiger partial charge in [0, 0.05) is 19.0 Å². The number of piperidine rings is 1. The van der Waals surface area contributed by atoms with Crippen LogP contribution in [0.3, 0.4) is 0 Å². The van der Waals surface area contributed by atoms with E-state index in [0.717, 1.165) is 38.0 Å². The van der Waals surface area contributed by atoms with Gasteiger partial charge in [-0.05, 0) is 32.7 Å². The van der Waals surface area contributed by atoms with Crippen molar-refractivity contribution >= 4 is 5.91 Å². The van der Waals surface area contributed by atoms with Crippen molar-refractivity contribution in [3.05, 3.63) is 11.9 Å². The third kappa shape index (κ3) is 3.32. The molecule has 0 spiro atoms. The maximum absolute atomic E-state index is 11.9. The Labute approximate surface area is 113 Å². The van der Waals surface area contributed by atoms with Crippen LogP contribution in [0.25, 0.3) is 0 Å². The van der Waals surface area contributed by atoms with Crippen LogP contribution in [0.1, 0.15) is 44.7 Å². The van der Waals surface area contributed by atoms with E-state index in [1.54, 1.807) is 0 Å². The highest BCUT2D eigenvalue weighted by Gasteiger charge is 2.29. The molecule has 6 nitrogen and oxygen atoms in total. The minimum atomic E-state index is -0.0938. The molecular formula is C13H23N5O. The molecule has 0 aromatic carbocycles. The van der Waals surface area contributed by atoms with E-state index in [1.165, 1.54) is 0 Å². The van der Waals surface area contributed by atoms with Crippen molar-refractivity contribution < 1.29 is 4.79 Å². The Morgan fingerprint density at radius 3 is 3.16 bits per heavy atom. The Kier molecular flexibility index (Phi) is 4.90. The van der Waals surface area contributed by atoms with Crippen LogP contribution in [0, 0.1) is 0 Å². The van der Waals surface area contributed by atoms with Crippen LogP contribution in [0.4, 0.5) is 0 Å². The summed E-state index contributed by atoms with van der Waals surface area (Å²) >= 11 is 0. The summed E-state index contributed by atoms with van der Waals surface area (Å²) in [6.07, 6.45) is 4.75. The van der Waals surface area contributed by atoms with Crippen molar-refractivity contribution in [1.82, 2.24) is 25.6 Å². The Morgan fingerprint density at radius 1 is 1.58 bits per heavy atom. The molecule has 0 aliphatic carbocycles. The number of hydrogen-bond acceptors (Lipinski definition) is 4. The molecule has 2 N–H and O–H groups in total. The number of likely N-dealkylation sites (N-methyl/N-ethyl adjacent to an activating group) is 1. The van der Waals surface area contributed by atoms with Crippen LogP contribution >= 0.6 is 0 Å². The maximum Gasteiger partial charge on any atom is 0.237 e. The van der Waals surface area contributed by atoms with Crippen molar-refractivity contribution in [3.8, 4) is 0 Å². The molecule has 0 saturated carbocycles. The van der Waals surface area contributed by atoms with Gasteiger partial charge in [-0.25, -0.2) is 4.68 Å². The molecular weight excluding hydrogens is 242 g/mol. The maximum atomic E-state index is 11.9. The van der Waals surface area contributed by atoms with Gasteiger partial charge in [0.15, 0.2) is 0 Å². The lowest BCUT2D eigenvalue weighted by Gasteiger charge is -2.29. The van der Waals surface area contributed by atoms with Crippen molar-refractivity contribution in [1.29, 1.82) is 0 Å². The van der Waals surface area contributed by atoms with Crippen molar-refractivity contribution in [2.75, 3.05) is 13.1 Å². The highest BCUT2D eigenvalue weighted by atomic mass is 16.2. The summed E-state index contributed by atoms with van der Waals surface area (Å²) in [4.78, 5) is 11.9. The molecule has 2 rings (SSSR count). The summed E-state index contributed by atoms with van der Waals surface area (Å²) in [6.45, 7) is 6.51. The Morgan fingerprint density at radius 2 is 2.42 bits per heavy atom. The zero-order valence-electron chi connectivity index (χ0n) is 11.7. The number of carbonyl (C=O) groups is 1. The van der Waals surface area contributed by atoms with Gasteiger partial charge in [-0.15, -0.1) is 5.10 Å². The van der Waals surface area contributed by atoms with Gasteiger partial charge >= 0.3 is 0 Å². The summed E-state index contributed by atoms with van der Waals surface area (Å²) in [5.41, 5.74) is 1.16. The lowest BCUT2D eigenvalue weighted by Crippen LogP contribution is -2.48. The standard InChI is InChI=1S/C13H23N5O/c1-3-7-18-12(9-16-17-18)10-5-6-15-11(8-10)13(19)14-4-2/h9-11,15H,3-8H2,1-2H3,(H,14,19). The Balaban J connectivity index is 2.04. The number of carbonyl (C=O) groups excluding carboxylic acids is 1. The van der Waals surface area contributed by atoms with E-state index in [2.05, 4.69) is 27.9 Å². The largest absolute Gasteiger partial charge is 0.355 e. The van der Waals surface area contributed by atoms with E-state index in [1.807, 2.05) is 17.8 Å². The van der Waals surface area contributed by atoms with Gasteiger partial charge in [-0.3, -0.25) is 4.79 Å². The monoisotopic (exact) mass is 265 g/mol. The minimum Gasteiger partial charge on any atom is -0.355 e. The second-order valence-electron chi connectivity index (χ2n) is 5.00. The first kappa shape index (κ1) is 14.0. The average Bonchev–Trinajstić information content (AvgIpc) is 2.88. The van der Waals surface area contributed by atoms with Gasteiger partial charge in [0.05, 0.1) is 17.9 Å². The molecule has 1 aliphatic heterocycles. The molecule has 0 radical (unpaired) electrons. The van der Waals surface area contributed by atoms with Crippen LogP contribution in [0.15, 0.2) is 6.20 Å². The van der Waals surface area contributed by atoms with Gasteiger partial charge in [0.2, 0.25) is 5.91 Å². The quantitative estimate of drug-likeness (QED) is 0.820. The zero-order valence-corrected chi connectivity index (χ0v) is 11.7. The molecule has 2 atom stereocenters. The van der Waals surface area contributed by atoms with Gasteiger partial charge in [0.1, 0.15) is 0 Å². The fourth-order valence-electron chi connectivity index (χ4n) is 2.65. The molecule has 1 aliphatic rings. The SMILES string of the molecule is CCCn1nncc1C1CCNC(C(=O)NCC)C1. The number of aryl methyl sites for hydroxylation is 1. The van der Waals surface area contributed by atoms with Crippen molar-refractivity contribution in [2.45, 2.75) is 51.6 Å². The zero-order chi connectivity index (χ0) is 13.7. The van der Waals surface area contributed by atoms with E-state index in [-0.39, 0.29) is 11.9 Å². The lowest BCUT2D eigenvalue weighted by molar-refractivity contribution is -0.123. The number of hydrogen-bond donors (Lipinski definition) is 2. The molecule has 1 aromatic rings. The van der Waals surface area contributed by atoms with Crippen LogP contribution in [0.2, 0.25) is 0 Å².